The molecule has 1 saturated heterocycles. The first kappa shape index (κ1) is 9.27. The fraction of sp³-hybridized carbons (Fsp3) is 0.500. The average molecular weight is 194 g/mol. The standard InChI is InChI=1S/C10H14N2O2/c1-2-12-8-3-9(5-11-4-8)14-10-6-13-7-10/h3-5,10,12H,2,6-7H2,1H3. The third kappa shape index (κ3) is 2.14. The summed E-state index contributed by atoms with van der Waals surface area (Å²) in [7, 11) is 0. The highest BCUT2D eigenvalue weighted by Crippen LogP contribution is 2.18. The van der Waals surface area contributed by atoms with E-state index in [2.05, 4.69) is 10.3 Å². The molecule has 4 heteroatoms. The molecular formula is C10H14N2O2. The van der Waals surface area contributed by atoms with Gasteiger partial charge in [-0.15, -0.1) is 0 Å². The molecule has 0 bridgehead atoms. The van der Waals surface area contributed by atoms with Crippen LogP contribution >= 0.6 is 0 Å². The molecule has 0 spiro atoms. The second-order valence-corrected chi connectivity index (χ2v) is 3.22. The van der Waals surface area contributed by atoms with Crippen LogP contribution in [0.5, 0.6) is 5.75 Å². The molecule has 1 aliphatic heterocycles. The van der Waals surface area contributed by atoms with Gasteiger partial charge >= 0.3 is 0 Å². The molecule has 14 heavy (non-hydrogen) atoms. The Balaban J connectivity index is 1.97. The van der Waals surface area contributed by atoms with Gasteiger partial charge in [0.15, 0.2) is 0 Å². The van der Waals surface area contributed by atoms with Gasteiger partial charge in [-0.2, -0.15) is 0 Å². The van der Waals surface area contributed by atoms with Gasteiger partial charge in [-0.25, -0.2) is 0 Å². The van der Waals surface area contributed by atoms with Crippen molar-refractivity contribution in [1.82, 2.24) is 4.98 Å². The SMILES string of the molecule is CCNc1cncc(OC2COC2)c1. The molecule has 2 heterocycles. The van der Waals surface area contributed by atoms with Crippen LogP contribution in [0.3, 0.4) is 0 Å². The summed E-state index contributed by atoms with van der Waals surface area (Å²) in [4.78, 5) is 4.09. The molecule has 0 aromatic carbocycles. The number of hydrogen-bond donors (Lipinski definition) is 1. The van der Waals surface area contributed by atoms with E-state index in [1.165, 1.54) is 0 Å². The number of rotatable bonds is 4. The first-order chi connectivity index (χ1) is 6.88. The molecule has 1 fully saturated rings. The molecule has 76 valence electrons. The fourth-order valence-electron chi connectivity index (χ4n) is 1.26. The lowest BCUT2D eigenvalue weighted by Crippen LogP contribution is -2.38. The minimum absolute atomic E-state index is 0.202. The van der Waals surface area contributed by atoms with E-state index in [4.69, 9.17) is 9.47 Å². The van der Waals surface area contributed by atoms with Gasteiger partial charge in [-0.3, -0.25) is 4.98 Å². The van der Waals surface area contributed by atoms with E-state index in [0.29, 0.717) is 13.2 Å². The third-order valence-electron chi connectivity index (χ3n) is 2.00. The third-order valence-corrected chi connectivity index (χ3v) is 2.00. The Kier molecular flexibility index (Phi) is 2.84. The van der Waals surface area contributed by atoms with Crippen LogP contribution in [-0.4, -0.2) is 30.8 Å². The van der Waals surface area contributed by atoms with Crippen LogP contribution in [0.1, 0.15) is 6.92 Å². The number of ether oxygens (including phenoxy) is 2. The molecule has 2 rings (SSSR count). The smallest absolute Gasteiger partial charge is 0.145 e. The second kappa shape index (κ2) is 4.28. The first-order valence-corrected chi connectivity index (χ1v) is 4.82. The summed E-state index contributed by atoms with van der Waals surface area (Å²) in [5.74, 6) is 0.803. The number of nitrogens with one attached hydrogen (secondary N) is 1. The van der Waals surface area contributed by atoms with E-state index >= 15 is 0 Å². The van der Waals surface area contributed by atoms with Crippen LogP contribution in [0, 0.1) is 0 Å². The van der Waals surface area contributed by atoms with Crippen LogP contribution in [-0.2, 0) is 4.74 Å². The summed E-state index contributed by atoms with van der Waals surface area (Å²) < 4.78 is 10.6. The maximum absolute atomic E-state index is 5.61. The van der Waals surface area contributed by atoms with Crippen molar-refractivity contribution in [1.29, 1.82) is 0 Å². The summed E-state index contributed by atoms with van der Waals surface area (Å²) in [5.41, 5.74) is 0.991. The zero-order valence-electron chi connectivity index (χ0n) is 8.19. The number of aromatic nitrogens is 1. The molecule has 1 N–H and O–H groups in total. The first-order valence-electron chi connectivity index (χ1n) is 4.82. The van der Waals surface area contributed by atoms with Crippen LogP contribution in [0.2, 0.25) is 0 Å². The van der Waals surface area contributed by atoms with Gasteiger partial charge in [0.05, 0.1) is 31.3 Å². The van der Waals surface area contributed by atoms with Crippen molar-refractivity contribution in [2.45, 2.75) is 13.0 Å². The van der Waals surface area contributed by atoms with Gasteiger partial charge in [-0.1, -0.05) is 0 Å². The maximum atomic E-state index is 5.61. The van der Waals surface area contributed by atoms with Gasteiger partial charge in [0.1, 0.15) is 11.9 Å². The normalized spacial score (nSPS) is 16.1. The minimum Gasteiger partial charge on any atom is -0.484 e. The zero-order valence-corrected chi connectivity index (χ0v) is 8.19. The molecule has 0 radical (unpaired) electrons. The summed E-state index contributed by atoms with van der Waals surface area (Å²) in [5, 5.41) is 3.18. The van der Waals surface area contributed by atoms with Crippen molar-refractivity contribution < 1.29 is 9.47 Å². The van der Waals surface area contributed by atoms with E-state index < -0.39 is 0 Å². The Hall–Kier alpha value is -1.29. The lowest BCUT2D eigenvalue weighted by Gasteiger charge is -2.26. The topological polar surface area (TPSA) is 43.4 Å². The number of hydrogen-bond acceptors (Lipinski definition) is 4. The second-order valence-electron chi connectivity index (χ2n) is 3.22. The zero-order chi connectivity index (χ0) is 9.80. The minimum atomic E-state index is 0.202. The van der Waals surface area contributed by atoms with E-state index in [1.54, 1.807) is 12.4 Å². The predicted octanol–water partition coefficient (Wildman–Crippen LogP) is 1.29. The van der Waals surface area contributed by atoms with E-state index in [0.717, 1.165) is 18.0 Å². The number of anilines is 1. The highest BCUT2D eigenvalue weighted by Gasteiger charge is 2.20. The Morgan fingerprint density at radius 3 is 3.07 bits per heavy atom. The van der Waals surface area contributed by atoms with Crippen LogP contribution < -0.4 is 10.1 Å². The van der Waals surface area contributed by atoms with Crippen LogP contribution in [0.15, 0.2) is 18.5 Å². The van der Waals surface area contributed by atoms with Crippen LogP contribution in [0.25, 0.3) is 0 Å². The van der Waals surface area contributed by atoms with E-state index in [-0.39, 0.29) is 6.10 Å². The van der Waals surface area contributed by atoms with Crippen molar-refractivity contribution in [2.24, 2.45) is 0 Å². The quantitative estimate of drug-likeness (QED) is 0.784. The highest BCUT2D eigenvalue weighted by molar-refractivity contribution is 5.44. The molecular weight excluding hydrogens is 180 g/mol. The molecule has 0 amide bonds. The number of nitrogens with zero attached hydrogens (tertiary/aromatic N) is 1. The molecule has 1 aromatic rings. The predicted molar refractivity (Wildman–Crippen MR) is 53.6 cm³/mol. The Morgan fingerprint density at radius 2 is 2.43 bits per heavy atom. The van der Waals surface area contributed by atoms with Gasteiger partial charge in [0, 0.05) is 12.6 Å². The largest absolute Gasteiger partial charge is 0.484 e. The van der Waals surface area contributed by atoms with E-state index in [9.17, 15) is 0 Å². The Morgan fingerprint density at radius 1 is 1.57 bits per heavy atom. The van der Waals surface area contributed by atoms with Crippen molar-refractivity contribution in [3.63, 3.8) is 0 Å². The molecule has 0 atom stereocenters. The van der Waals surface area contributed by atoms with Gasteiger partial charge in [0.2, 0.25) is 0 Å². The summed E-state index contributed by atoms with van der Waals surface area (Å²) in [6.07, 6.45) is 3.71. The Bertz CT molecular complexity index is 300. The molecule has 0 saturated carbocycles. The van der Waals surface area contributed by atoms with Crippen molar-refractivity contribution in [3.8, 4) is 5.75 Å². The molecule has 0 aliphatic carbocycles. The Labute approximate surface area is 83.2 Å². The van der Waals surface area contributed by atoms with Crippen molar-refractivity contribution in [2.75, 3.05) is 25.1 Å². The lowest BCUT2D eigenvalue weighted by molar-refractivity contribution is -0.0797. The monoisotopic (exact) mass is 194 g/mol. The summed E-state index contributed by atoms with van der Waals surface area (Å²) >= 11 is 0. The van der Waals surface area contributed by atoms with Gasteiger partial charge in [0.25, 0.3) is 0 Å². The number of pyridine rings is 1. The molecule has 1 aliphatic rings. The van der Waals surface area contributed by atoms with Crippen molar-refractivity contribution >= 4 is 5.69 Å². The lowest BCUT2D eigenvalue weighted by atomic mass is 10.3. The van der Waals surface area contributed by atoms with Gasteiger partial charge in [-0.05, 0) is 6.92 Å². The average Bonchev–Trinajstić information content (AvgIpc) is 2.13. The van der Waals surface area contributed by atoms with Crippen molar-refractivity contribution in [3.05, 3.63) is 18.5 Å². The maximum Gasteiger partial charge on any atom is 0.145 e. The highest BCUT2D eigenvalue weighted by atomic mass is 16.6. The molecule has 1 aromatic heterocycles. The summed E-state index contributed by atoms with van der Waals surface area (Å²) in [6.45, 7) is 4.31. The van der Waals surface area contributed by atoms with E-state index in [1.807, 2.05) is 13.0 Å². The van der Waals surface area contributed by atoms with Crippen LogP contribution in [0.4, 0.5) is 5.69 Å². The van der Waals surface area contributed by atoms with Gasteiger partial charge < -0.3 is 14.8 Å². The fourth-order valence-corrected chi connectivity index (χ4v) is 1.26. The molecule has 0 unspecified atom stereocenters. The summed E-state index contributed by atoms with van der Waals surface area (Å²) in [6, 6.07) is 1.95. The molecule has 4 nitrogen and oxygen atoms in total.